The maximum atomic E-state index is 14.0. The van der Waals surface area contributed by atoms with Gasteiger partial charge >= 0.3 is 12.4 Å². The number of rotatable bonds is 6. The van der Waals surface area contributed by atoms with Crippen molar-refractivity contribution in [1.29, 1.82) is 0 Å². The molecule has 1 aliphatic heterocycles. The average molecular weight is 499 g/mol. The van der Waals surface area contributed by atoms with Crippen molar-refractivity contribution in [2.45, 2.75) is 69.4 Å². The van der Waals surface area contributed by atoms with E-state index in [0.717, 1.165) is 50.8 Å². The third-order valence-corrected chi connectivity index (χ3v) is 7.36. The molecular weight excluding hydrogens is 470 g/mol. The molecule has 1 atom stereocenters. The summed E-state index contributed by atoms with van der Waals surface area (Å²) in [6.07, 6.45) is -5.71. The van der Waals surface area contributed by atoms with Gasteiger partial charge in [0.1, 0.15) is 0 Å². The molecule has 1 amide bonds. The summed E-state index contributed by atoms with van der Waals surface area (Å²) in [5, 5.41) is 2.85. The molecule has 1 saturated heterocycles. The SMILES string of the molecule is CCc1cc(C(F)(F)F)cc(C(F)(F)F)c1C(=O)NC(c1ccccc1)C1(N2CCCC2)CCC1. The van der Waals surface area contributed by atoms with Crippen molar-refractivity contribution in [3.8, 4) is 0 Å². The largest absolute Gasteiger partial charge is 0.417 e. The number of alkyl halides is 6. The number of nitrogens with one attached hydrogen (secondary N) is 1. The first-order chi connectivity index (χ1) is 16.5. The Labute approximate surface area is 200 Å². The van der Waals surface area contributed by atoms with E-state index >= 15 is 0 Å². The minimum absolute atomic E-state index is 0.0468. The molecule has 0 spiro atoms. The van der Waals surface area contributed by atoms with Gasteiger partial charge in [-0.25, -0.2) is 0 Å². The highest BCUT2D eigenvalue weighted by Gasteiger charge is 2.51. The van der Waals surface area contributed by atoms with Crippen LogP contribution in [-0.2, 0) is 18.8 Å². The van der Waals surface area contributed by atoms with Crippen LogP contribution in [0.5, 0.6) is 0 Å². The molecule has 0 radical (unpaired) electrons. The number of aryl methyl sites for hydroxylation is 1. The molecule has 1 heterocycles. The number of hydrogen-bond donors (Lipinski definition) is 1. The van der Waals surface area contributed by atoms with Gasteiger partial charge in [0.25, 0.3) is 5.91 Å². The van der Waals surface area contributed by atoms with Gasteiger partial charge in [-0.15, -0.1) is 0 Å². The van der Waals surface area contributed by atoms with Gasteiger partial charge in [-0.2, -0.15) is 26.3 Å². The van der Waals surface area contributed by atoms with E-state index in [1.54, 1.807) is 0 Å². The number of likely N-dealkylation sites (tertiary alicyclic amines) is 1. The first-order valence-electron chi connectivity index (χ1n) is 11.9. The molecule has 1 N–H and O–H groups in total. The number of amides is 1. The fraction of sp³-hybridized carbons (Fsp3) is 0.500. The Morgan fingerprint density at radius 3 is 2.09 bits per heavy atom. The van der Waals surface area contributed by atoms with Gasteiger partial charge in [0.15, 0.2) is 0 Å². The summed E-state index contributed by atoms with van der Waals surface area (Å²) in [4.78, 5) is 15.8. The smallest absolute Gasteiger partial charge is 0.343 e. The van der Waals surface area contributed by atoms with Crippen LogP contribution >= 0.6 is 0 Å². The monoisotopic (exact) mass is 498 g/mol. The number of hydrogen-bond acceptors (Lipinski definition) is 2. The van der Waals surface area contributed by atoms with Gasteiger partial charge in [0, 0.05) is 5.54 Å². The maximum Gasteiger partial charge on any atom is 0.417 e. The molecule has 2 aliphatic rings. The quantitative estimate of drug-likeness (QED) is 0.446. The van der Waals surface area contributed by atoms with Crippen molar-refractivity contribution < 1.29 is 31.1 Å². The van der Waals surface area contributed by atoms with Crippen molar-refractivity contribution in [2.24, 2.45) is 0 Å². The van der Waals surface area contributed by atoms with Crippen molar-refractivity contribution in [3.63, 3.8) is 0 Å². The predicted octanol–water partition coefficient (Wildman–Crippen LogP) is 6.78. The third kappa shape index (κ3) is 4.92. The predicted molar refractivity (Wildman–Crippen MR) is 120 cm³/mol. The van der Waals surface area contributed by atoms with Crippen LogP contribution in [0.2, 0.25) is 0 Å². The molecule has 2 aromatic rings. The molecule has 2 aromatic carbocycles. The highest BCUT2D eigenvalue weighted by molar-refractivity contribution is 5.98. The molecule has 190 valence electrons. The molecule has 1 aliphatic carbocycles. The zero-order valence-electron chi connectivity index (χ0n) is 19.4. The highest BCUT2D eigenvalue weighted by Crippen LogP contribution is 2.48. The van der Waals surface area contributed by atoms with Crippen LogP contribution in [0.3, 0.4) is 0 Å². The number of carbonyl (C=O) groups excluding carboxylic acids is 1. The normalized spacial score (nSPS) is 19.3. The standard InChI is InChI=1S/C26H28F6N2O/c1-2-17-15-19(25(27,28)29)16-20(26(30,31)32)21(17)23(35)33-22(18-9-4-3-5-10-18)24(11-8-12-24)34-13-6-7-14-34/h3-5,9-10,15-16,22H,2,6-8,11-14H2,1H3,(H,33,35). The van der Waals surface area contributed by atoms with E-state index in [9.17, 15) is 31.1 Å². The second-order valence-electron chi connectivity index (χ2n) is 9.38. The summed E-state index contributed by atoms with van der Waals surface area (Å²) >= 11 is 0. The summed E-state index contributed by atoms with van der Waals surface area (Å²) in [6.45, 7) is 3.12. The van der Waals surface area contributed by atoms with Crippen molar-refractivity contribution in [2.75, 3.05) is 13.1 Å². The number of benzene rings is 2. The molecular formula is C26H28F6N2O. The fourth-order valence-corrected chi connectivity index (χ4v) is 5.50. The lowest BCUT2D eigenvalue weighted by atomic mass is 9.68. The van der Waals surface area contributed by atoms with Crippen molar-refractivity contribution in [3.05, 3.63) is 70.3 Å². The van der Waals surface area contributed by atoms with Gasteiger partial charge < -0.3 is 5.32 Å². The lowest BCUT2D eigenvalue weighted by Gasteiger charge is -2.54. The number of halogens is 6. The minimum atomic E-state index is -5.12. The summed E-state index contributed by atoms with van der Waals surface area (Å²) in [7, 11) is 0. The first-order valence-corrected chi connectivity index (χ1v) is 11.9. The maximum absolute atomic E-state index is 14.0. The van der Waals surface area contributed by atoms with Gasteiger partial charge in [-0.1, -0.05) is 37.3 Å². The number of carbonyl (C=O) groups is 1. The molecule has 35 heavy (non-hydrogen) atoms. The van der Waals surface area contributed by atoms with Gasteiger partial charge in [0.2, 0.25) is 0 Å². The molecule has 0 bridgehead atoms. The summed E-state index contributed by atoms with van der Waals surface area (Å²) in [5.41, 5.74) is -3.64. The Bertz CT molecular complexity index is 1050. The Balaban J connectivity index is 1.80. The molecule has 1 saturated carbocycles. The molecule has 1 unspecified atom stereocenters. The second-order valence-corrected chi connectivity index (χ2v) is 9.38. The second kappa shape index (κ2) is 9.48. The summed E-state index contributed by atoms with van der Waals surface area (Å²) in [5.74, 6) is -0.998. The van der Waals surface area contributed by atoms with Crippen LogP contribution in [-0.4, -0.2) is 29.4 Å². The van der Waals surface area contributed by atoms with E-state index in [0.29, 0.717) is 6.07 Å². The van der Waals surface area contributed by atoms with Crippen LogP contribution in [0.25, 0.3) is 0 Å². The molecule has 2 fully saturated rings. The van der Waals surface area contributed by atoms with E-state index in [1.807, 2.05) is 30.3 Å². The van der Waals surface area contributed by atoms with Crippen LogP contribution in [0, 0.1) is 0 Å². The van der Waals surface area contributed by atoms with Crippen LogP contribution in [0.15, 0.2) is 42.5 Å². The Kier molecular flexibility index (Phi) is 6.92. The minimum Gasteiger partial charge on any atom is -0.343 e. The Morgan fingerprint density at radius 1 is 0.971 bits per heavy atom. The molecule has 4 rings (SSSR count). The Hall–Kier alpha value is -2.55. The van der Waals surface area contributed by atoms with Crippen LogP contribution < -0.4 is 5.32 Å². The van der Waals surface area contributed by atoms with Gasteiger partial charge in [-0.3, -0.25) is 9.69 Å². The van der Waals surface area contributed by atoms with Crippen LogP contribution in [0.4, 0.5) is 26.3 Å². The number of nitrogens with zero attached hydrogens (tertiary/aromatic N) is 1. The lowest BCUT2D eigenvalue weighted by Crippen LogP contribution is -2.60. The highest BCUT2D eigenvalue weighted by atomic mass is 19.4. The van der Waals surface area contributed by atoms with Crippen LogP contribution in [0.1, 0.15) is 77.7 Å². The molecule has 0 aromatic heterocycles. The van der Waals surface area contributed by atoms with E-state index in [-0.39, 0.29) is 18.1 Å². The fourth-order valence-electron chi connectivity index (χ4n) is 5.50. The summed E-state index contributed by atoms with van der Waals surface area (Å²) in [6, 6.07) is 9.21. The third-order valence-electron chi connectivity index (χ3n) is 7.36. The summed E-state index contributed by atoms with van der Waals surface area (Å²) < 4.78 is 81.9. The topological polar surface area (TPSA) is 32.3 Å². The van der Waals surface area contributed by atoms with Crippen molar-refractivity contribution >= 4 is 5.91 Å². The van der Waals surface area contributed by atoms with Gasteiger partial charge in [-0.05, 0) is 74.9 Å². The molecule has 3 nitrogen and oxygen atoms in total. The van der Waals surface area contributed by atoms with Crippen molar-refractivity contribution in [1.82, 2.24) is 10.2 Å². The molecule has 9 heteroatoms. The van der Waals surface area contributed by atoms with E-state index < -0.39 is 46.5 Å². The zero-order chi connectivity index (χ0) is 25.4. The average Bonchev–Trinajstić information content (AvgIpc) is 3.31. The Morgan fingerprint density at radius 2 is 1.60 bits per heavy atom. The zero-order valence-corrected chi connectivity index (χ0v) is 19.4. The van der Waals surface area contributed by atoms with E-state index in [2.05, 4.69) is 10.2 Å². The van der Waals surface area contributed by atoms with E-state index in [4.69, 9.17) is 0 Å². The van der Waals surface area contributed by atoms with E-state index in [1.165, 1.54) is 6.92 Å². The first kappa shape index (κ1) is 25.5. The lowest BCUT2D eigenvalue weighted by molar-refractivity contribution is -0.143. The van der Waals surface area contributed by atoms with Gasteiger partial charge in [0.05, 0.1) is 22.7 Å².